The van der Waals surface area contributed by atoms with Crippen LogP contribution in [0.15, 0.2) is 11.6 Å². The highest BCUT2D eigenvalue weighted by Gasteiger charge is 2.59. The third-order valence-electron chi connectivity index (χ3n) is 10.2. The molecule has 0 radical (unpaired) electrons. The van der Waals surface area contributed by atoms with Gasteiger partial charge in [-0.05, 0) is 112 Å². The van der Waals surface area contributed by atoms with Crippen LogP contribution in [0.3, 0.4) is 0 Å². The van der Waals surface area contributed by atoms with Crippen molar-refractivity contribution >= 4 is 11.8 Å². The van der Waals surface area contributed by atoms with Crippen LogP contribution in [-0.4, -0.2) is 30.4 Å². The molecule has 4 fully saturated rings. The second-order valence-corrected chi connectivity index (χ2v) is 11.5. The number of hydrogen-bond acceptors (Lipinski definition) is 4. The molecule has 8 unspecified atom stereocenters. The number of ether oxygens (including phenoxy) is 1. The van der Waals surface area contributed by atoms with E-state index in [9.17, 15) is 9.59 Å². The van der Waals surface area contributed by atoms with E-state index < -0.39 is 0 Å². The molecule has 4 nitrogen and oxygen atoms in total. The molecule has 3 saturated carbocycles. The summed E-state index contributed by atoms with van der Waals surface area (Å²) in [7, 11) is 0. The fraction of sp³-hybridized carbons (Fsp3) is 0.857. The fourth-order valence-corrected chi connectivity index (χ4v) is 8.57. The minimum Gasteiger partial charge on any atom is -0.457 e. The Labute approximate surface area is 195 Å². The van der Waals surface area contributed by atoms with Gasteiger partial charge in [0.15, 0.2) is 0 Å². The van der Waals surface area contributed by atoms with Crippen molar-refractivity contribution in [2.45, 2.75) is 111 Å². The summed E-state index contributed by atoms with van der Waals surface area (Å²) in [6, 6.07) is -0.0972. The van der Waals surface area contributed by atoms with Gasteiger partial charge in [-0.2, -0.15) is 0 Å². The standard InChI is InChI=1S/C26H39NO3.C2H6/c1-16(28)20-8-9-21-19-7-6-17-15-18(30-24(29)23-5-4-14-27-23)10-12-25(17,2)22(19)11-13-26(20,21)3;1-2/h15,18-23,27H,4-14H2,1-3H3;1-2H3. The van der Waals surface area contributed by atoms with E-state index >= 15 is 0 Å². The molecule has 4 heteroatoms. The number of esters is 1. The lowest BCUT2D eigenvalue weighted by molar-refractivity contribution is -0.150. The van der Waals surface area contributed by atoms with Crippen LogP contribution in [0, 0.1) is 34.5 Å². The highest BCUT2D eigenvalue weighted by atomic mass is 16.5. The first kappa shape index (κ1) is 24.0. The summed E-state index contributed by atoms with van der Waals surface area (Å²) in [6.07, 6.45) is 13.6. The molecule has 8 atom stereocenters. The number of fused-ring (bicyclic) bond motifs is 5. The largest absolute Gasteiger partial charge is 0.457 e. The molecule has 1 saturated heterocycles. The number of carbonyl (C=O) groups excluding carboxylic acids is 2. The molecule has 0 bridgehead atoms. The van der Waals surface area contributed by atoms with E-state index in [1.807, 2.05) is 20.8 Å². The normalized spacial score (nSPS) is 44.8. The lowest BCUT2D eigenvalue weighted by Gasteiger charge is -2.58. The summed E-state index contributed by atoms with van der Waals surface area (Å²) in [4.78, 5) is 24.8. The summed E-state index contributed by atoms with van der Waals surface area (Å²) >= 11 is 0. The Morgan fingerprint density at radius 1 is 1.00 bits per heavy atom. The average Bonchev–Trinajstić information content (AvgIpc) is 3.43. The zero-order valence-corrected chi connectivity index (χ0v) is 21.0. The van der Waals surface area contributed by atoms with Crippen molar-refractivity contribution in [1.29, 1.82) is 0 Å². The smallest absolute Gasteiger partial charge is 0.323 e. The lowest BCUT2D eigenvalue weighted by atomic mass is 9.46. The zero-order valence-electron chi connectivity index (χ0n) is 21.0. The number of carbonyl (C=O) groups is 2. The molecule has 32 heavy (non-hydrogen) atoms. The topological polar surface area (TPSA) is 55.4 Å². The van der Waals surface area contributed by atoms with E-state index in [1.165, 1.54) is 25.7 Å². The van der Waals surface area contributed by atoms with Gasteiger partial charge in [0.05, 0.1) is 0 Å². The third-order valence-corrected chi connectivity index (χ3v) is 10.2. The Bertz CT molecular complexity index is 754. The Kier molecular flexibility index (Phi) is 6.92. The number of Topliss-reactive ketones (excluding diaryl/α,β-unsaturated/α-hetero) is 1. The van der Waals surface area contributed by atoms with E-state index in [0.29, 0.717) is 11.7 Å². The molecule has 1 N–H and O–H groups in total. The van der Waals surface area contributed by atoms with E-state index in [1.54, 1.807) is 5.57 Å². The van der Waals surface area contributed by atoms with Crippen LogP contribution in [0.1, 0.15) is 98.8 Å². The van der Waals surface area contributed by atoms with Crippen LogP contribution in [-0.2, 0) is 14.3 Å². The highest BCUT2D eigenvalue weighted by molar-refractivity contribution is 5.79. The summed E-state index contributed by atoms with van der Waals surface area (Å²) in [6.45, 7) is 11.7. The number of ketones is 1. The number of allylic oxidation sites excluding steroid dienone is 1. The molecule has 1 aliphatic heterocycles. The van der Waals surface area contributed by atoms with Gasteiger partial charge in [-0.3, -0.25) is 9.59 Å². The maximum Gasteiger partial charge on any atom is 0.323 e. The van der Waals surface area contributed by atoms with E-state index in [4.69, 9.17) is 4.74 Å². The number of rotatable bonds is 3. The van der Waals surface area contributed by atoms with Crippen LogP contribution >= 0.6 is 0 Å². The summed E-state index contributed by atoms with van der Waals surface area (Å²) in [5.41, 5.74) is 2.04. The summed E-state index contributed by atoms with van der Waals surface area (Å²) in [5.74, 6) is 2.85. The Morgan fingerprint density at radius 3 is 2.47 bits per heavy atom. The minimum absolute atomic E-state index is 0.0399. The highest BCUT2D eigenvalue weighted by Crippen LogP contribution is 2.66. The van der Waals surface area contributed by atoms with Crippen LogP contribution < -0.4 is 5.32 Å². The lowest BCUT2D eigenvalue weighted by Crippen LogP contribution is -2.51. The Hall–Kier alpha value is -1.16. The van der Waals surface area contributed by atoms with Gasteiger partial charge in [-0.25, -0.2) is 0 Å². The van der Waals surface area contributed by atoms with Crippen molar-refractivity contribution < 1.29 is 14.3 Å². The molecule has 5 rings (SSSR count). The third kappa shape index (κ3) is 3.89. The van der Waals surface area contributed by atoms with E-state index in [0.717, 1.165) is 56.9 Å². The Morgan fingerprint density at radius 2 is 1.78 bits per heavy atom. The number of hydrogen-bond donors (Lipinski definition) is 1. The molecular weight excluding hydrogens is 398 g/mol. The van der Waals surface area contributed by atoms with Crippen LogP contribution in [0.2, 0.25) is 0 Å². The molecular formula is C28H45NO3. The van der Waals surface area contributed by atoms with E-state index in [-0.39, 0.29) is 34.9 Å². The molecule has 180 valence electrons. The first-order chi connectivity index (χ1) is 15.3. The average molecular weight is 444 g/mol. The van der Waals surface area contributed by atoms with Crippen LogP contribution in [0.5, 0.6) is 0 Å². The van der Waals surface area contributed by atoms with Crippen molar-refractivity contribution in [3.8, 4) is 0 Å². The first-order valence-corrected chi connectivity index (χ1v) is 13.5. The second-order valence-electron chi connectivity index (χ2n) is 11.5. The second kappa shape index (κ2) is 9.24. The van der Waals surface area contributed by atoms with Gasteiger partial charge in [0.25, 0.3) is 0 Å². The molecule has 0 aromatic carbocycles. The van der Waals surface area contributed by atoms with Crippen molar-refractivity contribution in [2.24, 2.45) is 34.5 Å². The fourth-order valence-electron chi connectivity index (χ4n) is 8.57. The maximum atomic E-state index is 12.5. The van der Waals surface area contributed by atoms with Crippen LogP contribution in [0.25, 0.3) is 0 Å². The molecule has 0 spiro atoms. The van der Waals surface area contributed by atoms with Crippen molar-refractivity contribution in [2.75, 3.05) is 6.54 Å². The van der Waals surface area contributed by atoms with E-state index in [2.05, 4.69) is 25.2 Å². The summed E-state index contributed by atoms with van der Waals surface area (Å²) in [5, 5.41) is 3.26. The predicted molar refractivity (Wildman–Crippen MR) is 128 cm³/mol. The molecule has 5 aliphatic rings. The van der Waals surface area contributed by atoms with Gasteiger partial charge >= 0.3 is 5.97 Å². The Balaban J connectivity index is 0.00000119. The van der Waals surface area contributed by atoms with Gasteiger partial charge in [0.1, 0.15) is 17.9 Å². The zero-order chi connectivity index (χ0) is 23.1. The molecule has 0 amide bonds. The predicted octanol–water partition coefficient (Wildman–Crippen LogP) is 5.84. The van der Waals surface area contributed by atoms with Gasteiger partial charge < -0.3 is 10.1 Å². The van der Waals surface area contributed by atoms with Crippen molar-refractivity contribution in [3.05, 3.63) is 11.6 Å². The molecule has 4 aliphatic carbocycles. The van der Waals surface area contributed by atoms with Gasteiger partial charge in [-0.15, -0.1) is 0 Å². The monoisotopic (exact) mass is 443 g/mol. The molecule has 0 aromatic rings. The van der Waals surface area contributed by atoms with Crippen molar-refractivity contribution in [1.82, 2.24) is 5.32 Å². The summed E-state index contributed by atoms with van der Waals surface area (Å²) < 4.78 is 5.92. The quantitative estimate of drug-likeness (QED) is 0.439. The van der Waals surface area contributed by atoms with Gasteiger partial charge in [-0.1, -0.05) is 33.3 Å². The van der Waals surface area contributed by atoms with Crippen molar-refractivity contribution in [3.63, 3.8) is 0 Å². The maximum absolute atomic E-state index is 12.5. The van der Waals surface area contributed by atoms with Crippen LogP contribution in [0.4, 0.5) is 0 Å². The first-order valence-electron chi connectivity index (χ1n) is 13.5. The van der Waals surface area contributed by atoms with Gasteiger partial charge in [0.2, 0.25) is 0 Å². The minimum atomic E-state index is -0.0972. The molecule has 0 aromatic heterocycles. The van der Waals surface area contributed by atoms with Gasteiger partial charge in [0, 0.05) is 5.92 Å². The molecule has 1 heterocycles. The SMILES string of the molecule is CC.CC(=O)C1CCC2C3CCC4=CC(OC(=O)C5CCCN5)CCC4(C)C3CCC12C. The number of nitrogens with one attached hydrogen (secondary N) is 1.